The van der Waals surface area contributed by atoms with Gasteiger partial charge in [0.15, 0.2) is 0 Å². The Kier molecular flexibility index (Phi) is 11.7. The normalized spacial score (nSPS) is 12.0. The zero-order chi connectivity index (χ0) is 24.5. The van der Waals surface area contributed by atoms with Gasteiger partial charge < -0.3 is 10.2 Å². The zero-order valence-corrected chi connectivity index (χ0v) is 22.7. The highest BCUT2D eigenvalue weighted by molar-refractivity contribution is 7.99. The van der Waals surface area contributed by atoms with Crippen LogP contribution in [0, 0.1) is 5.92 Å². The molecule has 0 saturated heterocycles. The number of benzene rings is 2. The van der Waals surface area contributed by atoms with Gasteiger partial charge in [-0.05, 0) is 47.7 Å². The number of nitrogens with one attached hydrogen (secondary N) is 1. The van der Waals surface area contributed by atoms with Crippen molar-refractivity contribution in [3.8, 4) is 0 Å². The van der Waals surface area contributed by atoms with Crippen molar-refractivity contribution in [3.63, 3.8) is 0 Å². The maximum Gasteiger partial charge on any atom is 0.242 e. The first-order chi connectivity index (χ1) is 15.6. The van der Waals surface area contributed by atoms with Gasteiger partial charge >= 0.3 is 0 Å². The lowest BCUT2D eigenvalue weighted by Crippen LogP contribution is -2.50. The summed E-state index contributed by atoms with van der Waals surface area (Å²) in [6.07, 6.45) is 0.494. The molecule has 180 valence electrons. The second-order valence-electron chi connectivity index (χ2n) is 8.07. The fraction of sp³-hybridized carbons (Fsp3) is 0.417. The third-order valence-electron chi connectivity index (χ3n) is 4.89. The second kappa shape index (κ2) is 13.7. The molecule has 1 atom stereocenters. The van der Waals surface area contributed by atoms with E-state index >= 15 is 0 Å². The van der Waals surface area contributed by atoms with Gasteiger partial charge in [0, 0.05) is 18.8 Å². The van der Waals surface area contributed by atoms with Crippen LogP contribution in [0.1, 0.15) is 38.3 Å². The largest absolute Gasteiger partial charge is 0.354 e. The highest BCUT2D eigenvalue weighted by atomic mass is 35.5. The third kappa shape index (κ3) is 8.88. The van der Waals surface area contributed by atoms with Crippen molar-refractivity contribution in [2.45, 2.75) is 45.5 Å². The average molecular weight is 550 g/mol. The lowest BCUT2D eigenvalue weighted by molar-refractivity contribution is -0.139. The van der Waals surface area contributed by atoms with E-state index < -0.39 is 6.04 Å². The zero-order valence-electron chi connectivity index (χ0n) is 18.8. The molecule has 1 N–H and O–H groups in total. The number of hydrogen-bond acceptors (Lipinski definition) is 3. The van der Waals surface area contributed by atoms with Crippen LogP contribution in [0.4, 0.5) is 0 Å². The minimum atomic E-state index is -0.587. The molecule has 2 rings (SSSR count). The standard InChI is InChI=1S/C24H28Cl4N2O2S/c1-4-22(24(32)29-11-15(2)3)30(12-16-5-7-18(25)20(27)9-16)23(31)14-33-13-17-6-8-19(26)21(28)10-17/h5-10,15,22H,4,11-14H2,1-3H3,(H,29,32)/t22-/m1/s1. The molecule has 0 aromatic heterocycles. The first kappa shape index (κ1) is 28.1. The molecule has 0 bridgehead atoms. The highest BCUT2D eigenvalue weighted by Gasteiger charge is 2.28. The topological polar surface area (TPSA) is 49.4 Å². The first-order valence-corrected chi connectivity index (χ1v) is 13.3. The van der Waals surface area contributed by atoms with E-state index in [9.17, 15) is 9.59 Å². The molecule has 0 fully saturated rings. The molecule has 33 heavy (non-hydrogen) atoms. The van der Waals surface area contributed by atoms with Crippen LogP contribution in [0.5, 0.6) is 0 Å². The van der Waals surface area contributed by atoms with Crippen molar-refractivity contribution < 1.29 is 9.59 Å². The number of halogens is 4. The Morgan fingerprint density at radius 3 is 2.06 bits per heavy atom. The van der Waals surface area contributed by atoms with Crippen molar-refractivity contribution in [1.82, 2.24) is 10.2 Å². The van der Waals surface area contributed by atoms with Crippen LogP contribution in [-0.2, 0) is 21.9 Å². The van der Waals surface area contributed by atoms with Crippen LogP contribution < -0.4 is 5.32 Å². The molecule has 2 amide bonds. The molecule has 0 spiro atoms. The summed E-state index contributed by atoms with van der Waals surface area (Å²) in [5, 5.41) is 4.78. The van der Waals surface area contributed by atoms with Crippen molar-refractivity contribution in [3.05, 3.63) is 67.6 Å². The quantitative estimate of drug-likeness (QED) is 0.325. The molecule has 0 aliphatic rings. The molecule has 0 aliphatic heterocycles. The molecule has 9 heteroatoms. The van der Waals surface area contributed by atoms with Crippen molar-refractivity contribution in [2.24, 2.45) is 5.92 Å². The van der Waals surface area contributed by atoms with E-state index in [1.807, 2.05) is 32.9 Å². The summed E-state index contributed by atoms with van der Waals surface area (Å²) < 4.78 is 0. The maximum absolute atomic E-state index is 13.3. The van der Waals surface area contributed by atoms with Crippen molar-refractivity contribution in [1.29, 1.82) is 0 Å². The summed E-state index contributed by atoms with van der Waals surface area (Å²) in [5.74, 6) is 0.842. The van der Waals surface area contributed by atoms with E-state index in [4.69, 9.17) is 46.4 Å². The van der Waals surface area contributed by atoms with E-state index in [2.05, 4.69) is 5.32 Å². The number of hydrogen-bond donors (Lipinski definition) is 1. The summed E-state index contributed by atoms with van der Waals surface area (Å²) in [6.45, 7) is 6.77. The lowest BCUT2D eigenvalue weighted by atomic mass is 10.1. The van der Waals surface area contributed by atoms with E-state index in [0.29, 0.717) is 44.7 Å². The fourth-order valence-electron chi connectivity index (χ4n) is 3.15. The minimum Gasteiger partial charge on any atom is -0.354 e. The number of amides is 2. The molecule has 0 heterocycles. The number of nitrogens with zero attached hydrogens (tertiary/aromatic N) is 1. The second-order valence-corrected chi connectivity index (χ2v) is 10.7. The van der Waals surface area contributed by atoms with Crippen LogP contribution in [0.3, 0.4) is 0 Å². The Labute approximate surface area is 220 Å². The molecule has 2 aromatic carbocycles. The number of carbonyl (C=O) groups excluding carboxylic acids is 2. The highest BCUT2D eigenvalue weighted by Crippen LogP contribution is 2.26. The Balaban J connectivity index is 2.16. The lowest BCUT2D eigenvalue weighted by Gasteiger charge is -2.31. The Morgan fingerprint density at radius 2 is 1.52 bits per heavy atom. The number of thioether (sulfide) groups is 1. The summed E-state index contributed by atoms with van der Waals surface area (Å²) in [7, 11) is 0. The third-order valence-corrected chi connectivity index (χ3v) is 7.35. The summed E-state index contributed by atoms with van der Waals surface area (Å²) in [6, 6.07) is 10.1. The van der Waals surface area contributed by atoms with Crippen molar-refractivity contribution >= 4 is 70.0 Å². The van der Waals surface area contributed by atoms with Gasteiger partial charge in [0.2, 0.25) is 11.8 Å². The minimum absolute atomic E-state index is 0.127. The molecule has 0 aliphatic carbocycles. The number of rotatable bonds is 11. The molecular weight excluding hydrogens is 522 g/mol. The monoisotopic (exact) mass is 548 g/mol. The van der Waals surface area contributed by atoms with Gasteiger partial charge in [-0.2, -0.15) is 0 Å². The molecule has 4 nitrogen and oxygen atoms in total. The van der Waals surface area contributed by atoms with E-state index in [0.717, 1.165) is 11.1 Å². The Hall–Kier alpha value is -1.11. The van der Waals surface area contributed by atoms with Gasteiger partial charge in [-0.25, -0.2) is 0 Å². The molecule has 0 saturated carbocycles. The van der Waals surface area contributed by atoms with E-state index in [-0.39, 0.29) is 24.1 Å². The van der Waals surface area contributed by atoms with Crippen LogP contribution in [-0.4, -0.2) is 35.1 Å². The summed E-state index contributed by atoms with van der Waals surface area (Å²) in [5.41, 5.74) is 1.78. The van der Waals surface area contributed by atoms with E-state index in [1.165, 1.54) is 11.8 Å². The molecular formula is C24H28Cl4N2O2S. The fourth-order valence-corrected chi connectivity index (χ4v) is 4.64. The Morgan fingerprint density at radius 1 is 0.939 bits per heavy atom. The smallest absolute Gasteiger partial charge is 0.242 e. The Bertz CT molecular complexity index is 971. The van der Waals surface area contributed by atoms with Crippen LogP contribution in [0.15, 0.2) is 36.4 Å². The number of carbonyl (C=O) groups is 2. The van der Waals surface area contributed by atoms with Crippen LogP contribution in [0.25, 0.3) is 0 Å². The van der Waals surface area contributed by atoms with Gasteiger partial charge in [0.25, 0.3) is 0 Å². The van der Waals surface area contributed by atoms with Gasteiger partial charge in [0.05, 0.1) is 25.8 Å². The van der Waals surface area contributed by atoms with Crippen LogP contribution in [0.2, 0.25) is 20.1 Å². The molecule has 2 aromatic rings. The van der Waals surface area contributed by atoms with Crippen LogP contribution >= 0.6 is 58.2 Å². The average Bonchev–Trinajstić information content (AvgIpc) is 2.76. The van der Waals surface area contributed by atoms with Crippen molar-refractivity contribution in [2.75, 3.05) is 12.3 Å². The summed E-state index contributed by atoms with van der Waals surface area (Å²) in [4.78, 5) is 27.8. The van der Waals surface area contributed by atoms with Gasteiger partial charge in [-0.3, -0.25) is 9.59 Å². The molecule has 0 unspecified atom stereocenters. The first-order valence-electron chi connectivity index (χ1n) is 10.6. The summed E-state index contributed by atoms with van der Waals surface area (Å²) >= 11 is 25.7. The van der Waals surface area contributed by atoms with E-state index in [1.54, 1.807) is 29.2 Å². The molecule has 0 radical (unpaired) electrons. The van der Waals surface area contributed by atoms with Gasteiger partial charge in [-0.15, -0.1) is 11.8 Å². The maximum atomic E-state index is 13.3. The SMILES string of the molecule is CC[C@H](C(=O)NCC(C)C)N(Cc1ccc(Cl)c(Cl)c1)C(=O)CSCc1ccc(Cl)c(Cl)c1. The predicted molar refractivity (Wildman–Crippen MR) is 142 cm³/mol. The predicted octanol–water partition coefficient (Wildman–Crippen LogP) is 7.11. The van der Waals surface area contributed by atoms with Gasteiger partial charge in [-0.1, -0.05) is 79.3 Å². The van der Waals surface area contributed by atoms with Gasteiger partial charge in [0.1, 0.15) is 6.04 Å².